The van der Waals surface area contributed by atoms with Crippen LogP contribution in [0.25, 0.3) is 0 Å². The quantitative estimate of drug-likeness (QED) is 0.0448. The van der Waals surface area contributed by atoms with Gasteiger partial charge in [-0.3, -0.25) is 38.7 Å². The molecule has 0 saturated carbocycles. The molecule has 0 unspecified atom stereocenters. The Morgan fingerprint density at radius 1 is 0.708 bits per heavy atom. The third-order valence-electron chi connectivity index (χ3n) is 6.67. The Morgan fingerprint density at radius 2 is 1.15 bits per heavy atom. The standard InChI is InChI=1S/C28H33ClN14O5/c1-14(29)23(44)36-21-11-20(43(5)38-21)27(48)37-22-10-19(42(4)39-22)26(47)35-16-9-18(41(3)13-16)25(46)34-15-8-17(40(2)12-15)24(45)32-6-7-33-28(30)31/h8-13H,1,6-7H2,2-5H3,(H,32,45)(H,34,46)(H,35,47)(H4,30,31,33)(H,36,38,44)(H,37,39,48). The maximum Gasteiger partial charge on any atom is 0.275 e. The van der Waals surface area contributed by atoms with Crippen molar-refractivity contribution in [3.05, 3.63) is 71.0 Å². The first-order chi connectivity index (χ1) is 22.6. The fraction of sp³-hybridized carbons (Fsp3) is 0.214. The van der Waals surface area contributed by atoms with Crippen molar-refractivity contribution in [1.29, 1.82) is 5.41 Å². The molecule has 0 aliphatic carbocycles. The van der Waals surface area contributed by atoms with Crippen molar-refractivity contribution in [3.8, 4) is 0 Å². The molecular weight excluding hydrogens is 648 g/mol. The van der Waals surface area contributed by atoms with Gasteiger partial charge < -0.3 is 46.8 Å². The van der Waals surface area contributed by atoms with Gasteiger partial charge in [-0.25, -0.2) is 0 Å². The second-order valence-electron chi connectivity index (χ2n) is 10.3. The first-order valence-electron chi connectivity index (χ1n) is 14.0. The van der Waals surface area contributed by atoms with Gasteiger partial charge in [-0.1, -0.05) is 18.2 Å². The van der Waals surface area contributed by atoms with Gasteiger partial charge >= 0.3 is 0 Å². The number of anilines is 4. The summed E-state index contributed by atoms with van der Waals surface area (Å²) < 4.78 is 5.59. The molecule has 4 rings (SSSR count). The van der Waals surface area contributed by atoms with Gasteiger partial charge in [-0.2, -0.15) is 10.2 Å². The molecule has 4 aromatic heterocycles. The van der Waals surface area contributed by atoms with Crippen molar-refractivity contribution in [1.82, 2.24) is 39.3 Å². The van der Waals surface area contributed by atoms with Gasteiger partial charge in [0.15, 0.2) is 17.6 Å². The summed E-state index contributed by atoms with van der Waals surface area (Å²) in [5.41, 5.74) is 6.62. The first kappa shape index (κ1) is 34.5. The summed E-state index contributed by atoms with van der Waals surface area (Å²) in [6.45, 7) is 3.84. The van der Waals surface area contributed by atoms with E-state index >= 15 is 0 Å². The zero-order valence-corrected chi connectivity index (χ0v) is 27.0. The third-order valence-corrected chi connectivity index (χ3v) is 6.84. The molecule has 20 heteroatoms. The Morgan fingerprint density at radius 3 is 1.65 bits per heavy atom. The average Bonchev–Trinajstić information content (AvgIpc) is 3.76. The minimum Gasteiger partial charge on any atom is -0.370 e. The van der Waals surface area contributed by atoms with Crippen molar-refractivity contribution in [2.45, 2.75) is 0 Å². The molecule has 0 aliphatic heterocycles. The fourth-order valence-electron chi connectivity index (χ4n) is 4.42. The number of aryl methyl sites for hydroxylation is 4. The van der Waals surface area contributed by atoms with E-state index in [1.54, 1.807) is 31.1 Å². The van der Waals surface area contributed by atoms with Crippen LogP contribution in [0.2, 0.25) is 0 Å². The van der Waals surface area contributed by atoms with Crippen LogP contribution in [0.4, 0.5) is 23.0 Å². The van der Waals surface area contributed by atoms with E-state index < -0.39 is 23.6 Å². The minimum absolute atomic E-state index is 0.0744. The summed E-state index contributed by atoms with van der Waals surface area (Å²) >= 11 is 5.57. The van der Waals surface area contributed by atoms with Crippen LogP contribution in [0.15, 0.2) is 48.3 Å². The minimum atomic E-state index is -0.669. The molecule has 0 aromatic carbocycles. The first-order valence-corrected chi connectivity index (χ1v) is 14.4. The molecule has 19 nitrogen and oxygen atoms in total. The Kier molecular flexibility index (Phi) is 10.3. The van der Waals surface area contributed by atoms with E-state index in [2.05, 4.69) is 48.7 Å². The topological polar surface area (TPSA) is 253 Å². The number of nitrogens with zero attached hydrogens (tertiary/aromatic N) is 6. The lowest BCUT2D eigenvalue weighted by Crippen LogP contribution is -2.38. The van der Waals surface area contributed by atoms with Crippen LogP contribution in [0, 0.1) is 5.41 Å². The second kappa shape index (κ2) is 14.4. The third kappa shape index (κ3) is 8.26. The molecule has 48 heavy (non-hydrogen) atoms. The van der Waals surface area contributed by atoms with Gasteiger partial charge in [0.2, 0.25) is 0 Å². The maximum atomic E-state index is 13.1. The SMILES string of the molecule is C=C(Cl)C(=O)Nc1cc(C(=O)Nc2cc(C(=O)Nc3cc(C(=O)Nc4cc(C(=O)NCCNC(=N)N)n(C)c4)n(C)c3)n(C)n2)n(C)n1. The Balaban J connectivity index is 1.37. The largest absolute Gasteiger partial charge is 0.370 e. The lowest BCUT2D eigenvalue weighted by molar-refractivity contribution is -0.112. The monoisotopic (exact) mass is 680 g/mol. The molecule has 4 heterocycles. The predicted molar refractivity (Wildman–Crippen MR) is 177 cm³/mol. The van der Waals surface area contributed by atoms with Gasteiger partial charge in [0.25, 0.3) is 29.5 Å². The smallest absolute Gasteiger partial charge is 0.275 e. The number of guanidine groups is 1. The summed E-state index contributed by atoms with van der Waals surface area (Å²) in [5, 5.41) is 30.8. The number of nitrogens with one attached hydrogen (secondary N) is 7. The number of aromatic nitrogens is 6. The highest BCUT2D eigenvalue weighted by Gasteiger charge is 2.21. The van der Waals surface area contributed by atoms with Crippen molar-refractivity contribution < 1.29 is 24.0 Å². The summed E-state index contributed by atoms with van der Waals surface area (Å²) in [4.78, 5) is 63.3. The highest BCUT2D eigenvalue weighted by atomic mass is 35.5. The molecule has 0 bridgehead atoms. The van der Waals surface area contributed by atoms with Gasteiger partial charge in [0.05, 0.1) is 16.4 Å². The Labute approximate surface area is 278 Å². The van der Waals surface area contributed by atoms with Crippen LogP contribution in [0.3, 0.4) is 0 Å². The molecule has 9 N–H and O–H groups in total. The lowest BCUT2D eigenvalue weighted by Gasteiger charge is -2.06. The maximum absolute atomic E-state index is 13.1. The van der Waals surface area contributed by atoms with E-state index in [9.17, 15) is 24.0 Å². The van der Waals surface area contributed by atoms with Crippen molar-refractivity contribution in [3.63, 3.8) is 0 Å². The van der Waals surface area contributed by atoms with E-state index in [4.69, 9.17) is 22.7 Å². The van der Waals surface area contributed by atoms with Crippen molar-refractivity contribution in [2.75, 3.05) is 34.4 Å². The van der Waals surface area contributed by atoms with Crippen molar-refractivity contribution >= 4 is 70.1 Å². The van der Waals surface area contributed by atoms with Crippen LogP contribution in [-0.2, 0) is 33.0 Å². The molecule has 0 atom stereocenters. The molecule has 0 saturated heterocycles. The summed E-state index contributed by atoms with van der Waals surface area (Å²) in [7, 11) is 6.30. The fourth-order valence-corrected chi connectivity index (χ4v) is 4.46. The summed E-state index contributed by atoms with van der Waals surface area (Å²) in [6.07, 6.45) is 3.12. The number of carbonyl (C=O) groups excluding carboxylic acids is 5. The molecule has 0 fully saturated rings. The number of hydrogen-bond acceptors (Lipinski definition) is 8. The predicted octanol–water partition coefficient (Wildman–Crippen LogP) is 0.491. The number of nitrogens with two attached hydrogens (primary N) is 1. The molecule has 4 aromatic rings. The number of carbonyl (C=O) groups is 5. The average molecular weight is 681 g/mol. The summed E-state index contributed by atoms with van der Waals surface area (Å²) in [5.74, 6) is -2.75. The van der Waals surface area contributed by atoms with Crippen LogP contribution in [-0.4, -0.2) is 77.3 Å². The highest BCUT2D eigenvalue weighted by molar-refractivity contribution is 6.43. The van der Waals surface area contributed by atoms with E-state index in [0.29, 0.717) is 17.1 Å². The van der Waals surface area contributed by atoms with Gasteiger partial charge in [0, 0.05) is 65.8 Å². The van der Waals surface area contributed by atoms with E-state index in [1.807, 2.05) is 0 Å². The molecule has 0 radical (unpaired) electrons. The van der Waals surface area contributed by atoms with Crippen LogP contribution < -0.4 is 37.6 Å². The number of rotatable bonds is 12. The molecule has 5 amide bonds. The van der Waals surface area contributed by atoms with Crippen LogP contribution in [0.5, 0.6) is 0 Å². The number of halogens is 1. The van der Waals surface area contributed by atoms with Crippen molar-refractivity contribution in [2.24, 2.45) is 33.9 Å². The summed E-state index contributed by atoms with van der Waals surface area (Å²) in [6, 6.07) is 5.69. The van der Waals surface area contributed by atoms with Gasteiger partial charge in [-0.05, 0) is 12.1 Å². The van der Waals surface area contributed by atoms with E-state index in [1.165, 1.54) is 52.3 Å². The van der Waals surface area contributed by atoms with E-state index in [-0.39, 0.29) is 58.7 Å². The van der Waals surface area contributed by atoms with Crippen LogP contribution in [0.1, 0.15) is 42.0 Å². The highest BCUT2D eigenvalue weighted by Crippen LogP contribution is 2.19. The molecule has 0 aliphatic rings. The molecular formula is C28H33ClN14O5. The van der Waals surface area contributed by atoms with Gasteiger partial charge in [0.1, 0.15) is 22.8 Å². The van der Waals surface area contributed by atoms with Crippen LogP contribution >= 0.6 is 11.6 Å². The van der Waals surface area contributed by atoms with Gasteiger partial charge in [-0.15, -0.1) is 0 Å². The Bertz CT molecular complexity index is 1950. The lowest BCUT2D eigenvalue weighted by atomic mass is 10.3. The zero-order chi connectivity index (χ0) is 35.3. The molecule has 252 valence electrons. The number of amides is 5. The zero-order valence-electron chi connectivity index (χ0n) is 26.3. The second-order valence-corrected chi connectivity index (χ2v) is 10.8. The molecule has 0 spiro atoms. The Hall–Kier alpha value is -6.37. The van der Waals surface area contributed by atoms with E-state index in [0.717, 1.165) is 0 Å². The normalized spacial score (nSPS) is 10.6. The number of hydrogen-bond donors (Lipinski definition) is 8.